The third-order valence-electron chi connectivity index (χ3n) is 7.11. The Balaban J connectivity index is 1.46. The minimum atomic E-state index is -0.233. The molecule has 1 fully saturated rings. The number of benzene rings is 3. The molecule has 4 aromatic rings. The largest absolute Gasteiger partial charge is 0.349 e. The molecule has 0 unspecified atom stereocenters. The van der Waals surface area contributed by atoms with Crippen molar-refractivity contribution >= 4 is 28.7 Å². The lowest BCUT2D eigenvalue weighted by atomic mass is 9.86. The first kappa shape index (κ1) is 24.6. The Labute approximate surface area is 216 Å². The lowest BCUT2D eigenvalue weighted by Crippen LogP contribution is -2.41. The standard InChI is InChI=1S/C30H32FN3OS/c1-20-6-5-8-23(16-20)18-34-28-17-24(29(35)32-26-9-4-3-7-21(26)2)12-15-27(28)33-30(34)36-19-22-10-13-25(31)14-11-22/h5-6,8,10-17,21,26H,3-4,7,9,18-19H2,1-2H3,(H,32,35)/t21-,26+/m1/s1. The quantitative estimate of drug-likeness (QED) is 0.274. The summed E-state index contributed by atoms with van der Waals surface area (Å²) in [6, 6.07) is 21.1. The van der Waals surface area contributed by atoms with Gasteiger partial charge in [-0.2, -0.15) is 0 Å². The maximum atomic E-state index is 13.3. The number of halogens is 1. The molecule has 2 atom stereocenters. The summed E-state index contributed by atoms with van der Waals surface area (Å²) in [5, 5.41) is 4.16. The average Bonchev–Trinajstić information content (AvgIpc) is 3.21. The highest BCUT2D eigenvalue weighted by atomic mass is 32.2. The Bertz CT molecular complexity index is 1360. The van der Waals surface area contributed by atoms with Crippen molar-refractivity contribution in [2.45, 2.75) is 63.0 Å². The summed E-state index contributed by atoms with van der Waals surface area (Å²) < 4.78 is 15.5. The molecule has 1 saturated carbocycles. The van der Waals surface area contributed by atoms with Gasteiger partial charge in [0.15, 0.2) is 5.16 Å². The van der Waals surface area contributed by atoms with E-state index in [0.717, 1.165) is 28.2 Å². The first-order chi connectivity index (χ1) is 17.5. The first-order valence-corrected chi connectivity index (χ1v) is 13.7. The number of amides is 1. The molecule has 1 heterocycles. The van der Waals surface area contributed by atoms with Crippen LogP contribution in [0, 0.1) is 18.7 Å². The van der Waals surface area contributed by atoms with Crippen LogP contribution >= 0.6 is 11.8 Å². The topological polar surface area (TPSA) is 46.9 Å². The molecule has 36 heavy (non-hydrogen) atoms. The monoisotopic (exact) mass is 501 g/mol. The molecule has 1 aliphatic rings. The van der Waals surface area contributed by atoms with Crippen LogP contribution in [0.1, 0.15) is 59.7 Å². The fourth-order valence-corrected chi connectivity index (χ4v) is 5.98. The Morgan fingerprint density at radius 3 is 2.64 bits per heavy atom. The van der Waals surface area contributed by atoms with Gasteiger partial charge in [0.05, 0.1) is 17.6 Å². The molecule has 0 bridgehead atoms. The third kappa shape index (κ3) is 5.65. The highest BCUT2D eigenvalue weighted by Gasteiger charge is 2.24. The Hall–Kier alpha value is -3.12. The highest BCUT2D eigenvalue weighted by molar-refractivity contribution is 7.98. The van der Waals surface area contributed by atoms with E-state index in [2.05, 4.69) is 48.0 Å². The van der Waals surface area contributed by atoms with Gasteiger partial charge >= 0.3 is 0 Å². The van der Waals surface area contributed by atoms with Crippen molar-refractivity contribution in [2.24, 2.45) is 5.92 Å². The van der Waals surface area contributed by atoms with E-state index in [0.29, 0.717) is 23.8 Å². The maximum Gasteiger partial charge on any atom is 0.251 e. The number of nitrogens with zero attached hydrogens (tertiary/aromatic N) is 2. The van der Waals surface area contributed by atoms with Gasteiger partial charge < -0.3 is 9.88 Å². The SMILES string of the molecule is Cc1cccc(Cn2c(SCc3ccc(F)cc3)nc3ccc(C(=O)N[C@H]4CCCC[C@H]4C)cc32)c1. The minimum absolute atomic E-state index is 0.0144. The van der Waals surface area contributed by atoms with Crippen molar-refractivity contribution in [1.82, 2.24) is 14.9 Å². The summed E-state index contributed by atoms with van der Waals surface area (Å²) in [6.45, 7) is 4.98. The van der Waals surface area contributed by atoms with Crippen LogP contribution in [-0.2, 0) is 12.3 Å². The molecule has 5 rings (SSSR count). The smallest absolute Gasteiger partial charge is 0.251 e. The van der Waals surface area contributed by atoms with Crippen LogP contribution in [0.4, 0.5) is 4.39 Å². The number of thioether (sulfide) groups is 1. The second-order valence-electron chi connectivity index (χ2n) is 9.93. The molecule has 4 nitrogen and oxygen atoms in total. The number of rotatable bonds is 7. The number of carbonyl (C=O) groups excluding carboxylic acids is 1. The van der Waals surface area contributed by atoms with Crippen molar-refractivity contribution < 1.29 is 9.18 Å². The van der Waals surface area contributed by atoms with Crippen LogP contribution in [0.3, 0.4) is 0 Å². The zero-order chi connectivity index (χ0) is 25.1. The molecule has 0 saturated heterocycles. The lowest BCUT2D eigenvalue weighted by Gasteiger charge is -2.29. The number of nitrogens with one attached hydrogen (secondary N) is 1. The van der Waals surface area contributed by atoms with Crippen LogP contribution in [0.15, 0.2) is 71.9 Å². The van der Waals surface area contributed by atoms with E-state index >= 15 is 0 Å². The fraction of sp³-hybridized carbons (Fsp3) is 0.333. The molecule has 6 heteroatoms. The van der Waals surface area contributed by atoms with E-state index in [9.17, 15) is 9.18 Å². The molecule has 0 aliphatic heterocycles. The summed E-state index contributed by atoms with van der Waals surface area (Å²) >= 11 is 1.63. The second-order valence-corrected chi connectivity index (χ2v) is 10.9. The van der Waals surface area contributed by atoms with Gasteiger partial charge in [0, 0.05) is 17.4 Å². The fourth-order valence-electron chi connectivity index (χ4n) is 5.01. The minimum Gasteiger partial charge on any atom is -0.349 e. The van der Waals surface area contributed by atoms with E-state index in [1.165, 1.54) is 42.5 Å². The second kappa shape index (κ2) is 10.9. The Morgan fingerprint density at radius 2 is 1.86 bits per heavy atom. The van der Waals surface area contributed by atoms with Crippen molar-refractivity contribution in [3.8, 4) is 0 Å². The van der Waals surface area contributed by atoms with Crippen LogP contribution in [-0.4, -0.2) is 21.5 Å². The van der Waals surface area contributed by atoms with Crippen molar-refractivity contribution in [3.05, 3.63) is 94.8 Å². The Kier molecular flexibility index (Phi) is 7.42. The molecular weight excluding hydrogens is 469 g/mol. The molecule has 1 aliphatic carbocycles. The number of hydrogen-bond acceptors (Lipinski definition) is 3. The number of aromatic nitrogens is 2. The van der Waals surface area contributed by atoms with Gasteiger partial charge in [-0.3, -0.25) is 4.79 Å². The van der Waals surface area contributed by atoms with Crippen LogP contribution < -0.4 is 5.32 Å². The summed E-state index contributed by atoms with van der Waals surface area (Å²) in [7, 11) is 0. The highest BCUT2D eigenvalue weighted by Crippen LogP contribution is 2.29. The summed E-state index contributed by atoms with van der Waals surface area (Å²) in [4.78, 5) is 18.1. The predicted octanol–water partition coefficient (Wildman–Crippen LogP) is 7.13. The number of carbonyl (C=O) groups is 1. The van der Waals surface area contributed by atoms with Crippen molar-refractivity contribution in [1.29, 1.82) is 0 Å². The van der Waals surface area contributed by atoms with Gasteiger partial charge in [-0.25, -0.2) is 9.37 Å². The molecule has 186 valence electrons. The number of aryl methyl sites for hydroxylation is 1. The number of imidazole rings is 1. The zero-order valence-electron chi connectivity index (χ0n) is 20.8. The van der Waals surface area contributed by atoms with E-state index in [1.807, 2.05) is 30.3 Å². The normalized spacial score (nSPS) is 17.9. The number of fused-ring (bicyclic) bond motifs is 1. The Morgan fingerprint density at radius 1 is 1.06 bits per heavy atom. The molecule has 0 spiro atoms. The van der Waals surface area contributed by atoms with Crippen molar-refractivity contribution in [3.63, 3.8) is 0 Å². The summed E-state index contributed by atoms with van der Waals surface area (Å²) in [5.41, 5.74) is 5.91. The van der Waals surface area contributed by atoms with Gasteiger partial charge in [0.1, 0.15) is 5.82 Å². The van der Waals surface area contributed by atoms with E-state index in [1.54, 1.807) is 11.8 Å². The molecule has 3 aromatic carbocycles. The first-order valence-electron chi connectivity index (χ1n) is 12.7. The molecule has 0 radical (unpaired) electrons. The van der Waals surface area contributed by atoms with Crippen LogP contribution in [0.2, 0.25) is 0 Å². The molecule has 1 N–H and O–H groups in total. The summed E-state index contributed by atoms with van der Waals surface area (Å²) in [5.74, 6) is 0.945. The maximum absolute atomic E-state index is 13.3. The lowest BCUT2D eigenvalue weighted by molar-refractivity contribution is 0.0910. The van der Waals surface area contributed by atoms with E-state index < -0.39 is 0 Å². The van der Waals surface area contributed by atoms with E-state index in [-0.39, 0.29) is 17.8 Å². The average molecular weight is 502 g/mol. The van der Waals surface area contributed by atoms with Gasteiger partial charge in [-0.05, 0) is 67.1 Å². The van der Waals surface area contributed by atoms with E-state index in [4.69, 9.17) is 4.98 Å². The summed E-state index contributed by atoms with van der Waals surface area (Å²) in [6.07, 6.45) is 4.63. The predicted molar refractivity (Wildman–Crippen MR) is 145 cm³/mol. The van der Waals surface area contributed by atoms with Crippen LogP contribution in [0.25, 0.3) is 11.0 Å². The van der Waals surface area contributed by atoms with Gasteiger partial charge in [-0.1, -0.05) is 73.5 Å². The van der Waals surface area contributed by atoms with Gasteiger partial charge in [0.25, 0.3) is 5.91 Å². The van der Waals surface area contributed by atoms with Crippen LogP contribution in [0.5, 0.6) is 0 Å². The third-order valence-corrected chi connectivity index (χ3v) is 8.16. The van der Waals surface area contributed by atoms with Gasteiger partial charge in [0.2, 0.25) is 0 Å². The molecule has 1 aromatic heterocycles. The van der Waals surface area contributed by atoms with Gasteiger partial charge in [-0.15, -0.1) is 0 Å². The molecular formula is C30H32FN3OS. The number of hydrogen-bond donors (Lipinski definition) is 1. The molecule has 1 amide bonds. The zero-order valence-corrected chi connectivity index (χ0v) is 21.7. The van der Waals surface area contributed by atoms with Crippen molar-refractivity contribution in [2.75, 3.05) is 0 Å².